The van der Waals surface area contributed by atoms with E-state index in [0.29, 0.717) is 0 Å². The van der Waals surface area contributed by atoms with Crippen molar-refractivity contribution in [3.63, 3.8) is 0 Å². The molecule has 0 radical (unpaired) electrons. The van der Waals surface area contributed by atoms with Crippen LogP contribution in [0.5, 0.6) is 0 Å². The highest BCUT2D eigenvalue weighted by molar-refractivity contribution is 6.04. The molecule has 212 valence electrons. The summed E-state index contributed by atoms with van der Waals surface area (Å²) in [6, 6.07) is 67.6. The van der Waals surface area contributed by atoms with Gasteiger partial charge in [-0.15, -0.1) is 0 Å². The summed E-state index contributed by atoms with van der Waals surface area (Å²) in [5, 5.41) is 4.96. The first kappa shape index (κ1) is 26.7. The normalized spacial score (nSPS) is 11.1. The summed E-state index contributed by atoms with van der Waals surface area (Å²) in [5.74, 6) is 0. The van der Waals surface area contributed by atoms with Crippen LogP contribution in [0.4, 0.5) is 17.1 Å². The van der Waals surface area contributed by atoms with Crippen LogP contribution in [0, 0.1) is 0 Å². The molecule has 8 aromatic rings. The van der Waals surface area contributed by atoms with E-state index in [0.717, 1.165) is 17.1 Å². The summed E-state index contributed by atoms with van der Waals surface area (Å²) < 4.78 is 0. The molecule has 0 spiro atoms. The van der Waals surface area contributed by atoms with Crippen LogP contribution in [0.25, 0.3) is 54.9 Å². The van der Waals surface area contributed by atoms with Crippen LogP contribution in [-0.2, 0) is 0 Å². The van der Waals surface area contributed by atoms with Gasteiger partial charge in [-0.25, -0.2) is 0 Å². The molecule has 0 atom stereocenters. The van der Waals surface area contributed by atoms with Crippen molar-refractivity contribution < 1.29 is 0 Å². The van der Waals surface area contributed by atoms with Crippen molar-refractivity contribution in [2.45, 2.75) is 0 Å². The standard InChI is InChI=1S/C44H31N/c1-3-12-32(13-4-1)33-22-27-38(28-23-33)45(43-21-11-18-34-14-7-9-19-40(34)43)39-29-24-36(25-30-39)42-31-26-35-15-8-10-20-41(35)44(42)37-16-5-2-6-17-37/h1-31H. The van der Waals surface area contributed by atoms with E-state index in [2.05, 4.69) is 193 Å². The van der Waals surface area contributed by atoms with E-state index in [1.165, 1.54) is 54.9 Å². The van der Waals surface area contributed by atoms with Crippen molar-refractivity contribution in [1.82, 2.24) is 0 Å². The second-order valence-electron chi connectivity index (χ2n) is 11.4. The van der Waals surface area contributed by atoms with E-state index in [9.17, 15) is 0 Å². The molecular weight excluding hydrogens is 542 g/mol. The molecule has 0 unspecified atom stereocenters. The van der Waals surface area contributed by atoms with Crippen molar-refractivity contribution in [3.8, 4) is 33.4 Å². The summed E-state index contributed by atoms with van der Waals surface area (Å²) in [7, 11) is 0. The largest absolute Gasteiger partial charge is 0.310 e. The van der Waals surface area contributed by atoms with Gasteiger partial charge in [0.2, 0.25) is 0 Å². The zero-order chi connectivity index (χ0) is 30.0. The molecule has 0 aromatic heterocycles. The van der Waals surface area contributed by atoms with E-state index in [1.54, 1.807) is 0 Å². The molecule has 45 heavy (non-hydrogen) atoms. The van der Waals surface area contributed by atoms with Crippen LogP contribution in [0.2, 0.25) is 0 Å². The Morgan fingerprint density at radius 3 is 1.44 bits per heavy atom. The summed E-state index contributed by atoms with van der Waals surface area (Å²) in [6.45, 7) is 0. The second-order valence-corrected chi connectivity index (χ2v) is 11.4. The Labute approximate surface area is 264 Å². The minimum atomic E-state index is 1.12. The van der Waals surface area contributed by atoms with Gasteiger partial charge in [-0.1, -0.05) is 158 Å². The van der Waals surface area contributed by atoms with Gasteiger partial charge in [0.15, 0.2) is 0 Å². The second kappa shape index (κ2) is 11.6. The first-order valence-corrected chi connectivity index (χ1v) is 15.4. The van der Waals surface area contributed by atoms with Crippen LogP contribution in [0.15, 0.2) is 188 Å². The summed E-state index contributed by atoms with van der Waals surface area (Å²) in [5.41, 5.74) is 10.7. The summed E-state index contributed by atoms with van der Waals surface area (Å²) in [6.07, 6.45) is 0. The number of nitrogens with zero attached hydrogens (tertiary/aromatic N) is 1. The summed E-state index contributed by atoms with van der Waals surface area (Å²) >= 11 is 0. The van der Waals surface area contributed by atoms with Gasteiger partial charge in [0, 0.05) is 16.8 Å². The molecule has 0 aliphatic heterocycles. The van der Waals surface area contributed by atoms with Gasteiger partial charge in [0.05, 0.1) is 5.69 Å². The lowest BCUT2D eigenvalue weighted by Gasteiger charge is -2.27. The smallest absolute Gasteiger partial charge is 0.0540 e. The molecule has 0 saturated heterocycles. The monoisotopic (exact) mass is 573 g/mol. The zero-order valence-corrected chi connectivity index (χ0v) is 24.8. The van der Waals surface area contributed by atoms with Gasteiger partial charge in [-0.2, -0.15) is 0 Å². The van der Waals surface area contributed by atoms with E-state index in [4.69, 9.17) is 0 Å². The van der Waals surface area contributed by atoms with E-state index in [1.807, 2.05) is 0 Å². The predicted molar refractivity (Wildman–Crippen MR) is 192 cm³/mol. The molecule has 0 saturated carbocycles. The Hall–Kier alpha value is -5.92. The fraction of sp³-hybridized carbons (Fsp3) is 0. The molecule has 0 fully saturated rings. The highest BCUT2D eigenvalue weighted by Crippen LogP contribution is 2.42. The third kappa shape index (κ3) is 5.05. The zero-order valence-electron chi connectivity index (χ0n) is 24.8. The molecule has 8 rings (SSSR count). The number of anilines is 3. The van der Waals surface area contributed by atoms with Gasteiger partial charge >= 0.3 is 0 Å². The Morgan fingerprint density at radius 2 is 0.778 bits per heavy atom. The van der Waals surface area contributed by atoms with Crippen molar-refractivity contribution >= 4 is 38.6 Å². The third-order valence-corrected chi connectivity index (χ3v) is 8.67. The van der Waals surface area contributed by atoms with Gasteiger partial charge < -0.3 is 4.90 Å². The highest BCUT2D eigenvalue weighted by Gasteiger charge is 2.17. The minimum Gasteiger partial charge on any atom is -0.310 e. The number of benzene rings is 8. The van der Waals surface area contributed by atoms with Crippen LogP contribution < -0.4 is 4.90 Å². The Kier molecular flexibility index (Phi) is 6.90. The predicted octanol–water partition coefficient (Wildman–Crippen LogP) is 12.5. The Morgan fingerprint density at radius 1 is 0.289 bits per heavy atom. The summed E-state index contributed by atoms with van der Waals surface area (Å²) in [4.78, 5) is 2.37. The fourth-order valence-corrected chi connectivity index (χ4v) is 6.48. The Bertz CT molecular complexity index is 2230. The SMILES string of the molecule is c1ccc(-c2ccc(N(c3ccc(-c4ccc5ccccc5c4-c4ccccc4)cc3)c3cccc4ccccc34)cc2)cc1. The molecule has 0 aliphatic carbocycles. The van der Waals surface area contributed by atoms with E-state index >= 15 is 0 Å². The average molecular weight is 574 g/mol. The quantitative estimate of drug-likeness (QED) is 0.191. The van der Waals surface area contributed by atoms with Crippen molar-refractivity contribution in [2.24, 2.45) is 0 Å². The molecule has 0 bridgehead atoms. The molecule has 0 N–H and O–H groups in total. The van der Waals surface area contributed by atoms with E-state index in [-0.39, 0.29) is 0 Å². The van der Waals surface area contributed by atoms with Gasteiger partial charge in [-0.05, 0) is 79.9 Å². The van der Waals surface area contributed by atoms with Crippen molar-refractivity contribution in [2.75, 3.05) is 4.90 Å². The molecule has 0 aliphatic rings. The van der Waals surface area contributed by atoms with E-state index < -0.39 is 0 Å². The minimum absolute atomic E-state index is 1.12. The molecule has 1 heteroatoms. The van der Waals surface area contributed by atoms with Crippen LogP contribution in [-0.4, -0.2) is 0 Å². The number of rotatable bonds is 6. The maximum atomic E-state index is 2.37. The maximum absolute atomic E-state index is 2.37. The van der Waals surface area contributed by atoms with Crippen molar-refractivity contribution in [3.05, 3.63) is 188 Å². The molecule has 0 heterocycles. The fourth-order valence-electron chi connectivity index (χ4n) is 6.48. The lowest BCUT2D eigenvalue weighted by Crippen LogP contribution is -2.10. The first-order valence-electron chi connectivity index (χ1n) is 15.4. The van der Waals surface area contributed by atoms with Crippen LogP contribution in [0.1, 0.15) is 0 Å². The molecule has 1 nitrogen and oxygen atoms in total. The van der Waals surface area contributed by atoms with Gasteiger partial charge in [-0.3, -0.25) is 0 Å². The number of fused-ring (bicyclic) bond motifs is 2. The lowest BCUT2D eigenvalue weighted by atomic mass is 9.90. The first-order chi connectivity index (χ1) is 22.3. The van der Waals surface area contributed by atoms with Gasteiger partial charge in [0.25, 0.3) is 0 Å². The number of hydrogen-bond acceptors (Lipinski definition) is 1. The lowest BCUT2D eigenvalue weighted by molar-refractivity contribution is 1.30. The van der Waals surface area contributed by atoms with Crippen LogP contribution >= 0.6 is 0 Å². The molecule has 0 amide bonds. The molecular formula is C44H31N. The average Bonchev–Trinajstić information content (AvgIpc) is 3.13. The van der Waals surface area contributed by atoms with Gasteiger partial charge in [0.1, 0.15) is 0 Å². The third-order valence-electron chi connectivity index (χ3n) is 8.67. The van der Waals surface area contributed by atoms with Crippen molar-refractivity contribution in [1.29, 1.82) is 0 Å². The highest BCUT2D eigenvalue weighted by atomic mass is 15.1. The topological polar surface area (TPSA) is 3.24 Å². The molecule has 8 aromatic carbocycles. The Balaban J connectivity index is 1.26. The maximum Gasteiger partial charge on any atom is 0.0540 e. The van der Waals surface area contributed by atoms with Crippen LogP contribution in [0.3, 0.4) is 0 Å². The number of hydrogen-bond donors (Lipinski definition) is 0.